The van der Waals surface area contributed by atoms with Gasteiger partial charge in [0.15, 0.2) is 0 Å². The van der Waals surface area contributed by atoms with Gasteiger partial charge in [0.1, 0.15) is 17.4 Å². The molecule has 0 unspecified atom stereocenters. The van der Waals surface area contributed by atoms with Crippen molar-refractivity contribution in [3.63, 3.8) is 0 Å². The Kier molecular flexibility index (Phi) is 3.87. The van der Waals surface area contributed by atoms with E-state index in [1.165, 1.54) is 0 Å². The highest BCUT2D eigenvalue weighted by Gasteiger charge is 2.13. The quantitative estimate of drug-likeness (QED) is 0.798. The summed E-state index contributed by atoms with van der Waals surface area (Å²) in [4.78, 5) is 13.1. The highest BCUT2D eigenvalue weighted by atomic mass is 16.5. The SMILES string of the molecule is COc1ccccc1[C@@H](C)Nc1nc(C)nc2cnccc12. The lowest BCUT2D eigenvalue weighted by atomic mass is 10.1. The summed E-state index contributed by atoms with van der Waals surface area (Å²) in [5, 5.41) is 4.42. The van der Waals surface area contributed by atoms with Gasteiger partial charge in [0.25, 0.3) is 0 Å². The van der Waals surface area contributed by atoms with Crippen LogP contribution in [0.5, 0.6) is 5.75 Å². The van der Waals surface area contributed by atoms with E-state index in [4.69, 9.17) is 4.74 Å². The van der Waals surface area contributed by atoms with E-state index in [1.807, 2.05) is 37.3 Å². The zero-order valence-corrected chi connectivity index (χ0v) is 12.9. The van der Waals surface area contributed by atoms with Gasteiger partial charge in [0, 0.05) is 17.1 Å². The lowest BCUT2D eigenvalue weighted by molar-refractivity contribution is 0.408. The van der Waals surface area contributed by atoms with Gasteiger partial charge in [-0.05, 0) is 26.0 Å². The molecule has 1 aromatic carbocycles. The standard InChI is InChI=1S/C17H18N4O/c1-11(13-6-4-5-7-16(13)22-3)19-17-14-8-9-18-10-15(14)20-12(2)21-17/h4-11H,1-3H3,(H,19,20,21)/t11-/m1/s1. The molecule has 0 spiro atoms. The molecular formula is C17H18N4O. The molecule has 0 saturated carbocycles. The predicted octanol–water partition coefficient (Wildman–Crippen LogP) is 3.51. The van der Waals surface area contributed by atoms with Crippen LogP contribution >= 0.6 is 0 Å². The fraction of sp³-hybridized carbons (Fsp3) is 0.235. The van der Waals surface area contributed by atoms with Crippen LogP contribution < -0.4 is 10.1 Å². The van der Waals surface area contributed by atoms with Gasteiger partial charge < -0.3 is 10.1 Å². The van der Waals surface area contributed by atoms with Crippen molar-refractivity contribution in [3.8, 4) is 5.75 Å². The van der Waals surface area contributed by atoms with Crippen molar-refractivity contribution in [2.24, 2.45) is 0 Å². The number of hydrogen-bond donors (Lipinski definition) is 1. The number of ether oxygens (including phenoxy) is 1. The molecule has 0 aliphatic rings. The fourth-order valence-electron chi connectivity index (χ4n) is 2.51. The normalized spacial score (nSPS) is 12.1. The van der Waals surface area contributed by atoms with Crippen molar-refractivity contribution in [1.29, 1.82) is 0 Å². The van der Waals surface area contributed by atoms with Gasteiger partial charge in [-0.15, -0.1) is 0 Å². The van der Waals surface area contributed by atoms with E-state index in [9.17, 15) is 0 Å². The number of nitrogens with one attached hydrogen (secondary N) is 1. The maximum absolute atomic E-state index is 5.43. The summed E-state index contributed by atoms with van der Waals surface area (Å²) in [6.07, 6.45) is 3.50. The van der Waals surface area contributed by atoms with E-state index in [0.29, 0.717) is 0 Å². The number of nitrogens with zero attached hydrogens (tertiary/aromatic N) is 3. The summed E-state index contributed by atoms with van der Waals surface area (Å²) >= 11 is 0. The van der Waals surface area contributed by atoms with Crippen molar-refractivity contribution in [1.82, 2.24) is 15.0 Å². The van der Waals surface area contributed by atoms with Crippen LogP contribution in [0.15, 0.2) is 42.7 Å². The maximum atomic E-state index is 5.43. The van der Waals surface area contributed by atoms with E-state index >= 15 is 0 Å². The Morgan fingerprint density at radius 1 is 1.14 bits per heavy atom. The van der Waals surface area contributed by atoms with Crippen LogP contribution in [0, 0.1) is 6.92 Å². The monoisotopic (exact) mass is 294 g/mol. The summed E-state index contributed by atoms with van der Waals surface area (Å²) in [5.41, 5.74) is 1.92. The first-order valence-corrected chi connectivity index (χ1v) is 7.17. The molecule has 112 valence electrons. The van der Waals surface area contributed by atoms with Crippen molar-refractivity contribution < 1.29 is 4.74 Å². The Morgan fingerprint density at radius 3 is 2.77 bits per heavy atom. The first-order chi connectivity index (χ1) is 10.7. The highest BCUT2D eigenvalue weighted by Crippen LogP contribution is 2.29. The number of para-hydroxylation sites is 1. The molecule has 0 fully saturated rings. The Bertz CT molecular complexity index is 804. The van der Waals surface area contributed by atoms with Crippen LogP contribution in [0.3, 0.4) is 0 Å². The highest BCUT2D eigenvalue weighted by molar-refractivity contribution is 5.88. The lowest BCUT2D eigenvalue weighted by Crippen LogP contribution is -2.10. The minimum absolute atomic E-state index is 0.0572. The van der Waals surface area contributed by atoms with Gasteiger partial charge in [0.2, 0.25) is 0 Å². The Hall–Kier alpha value is -2.69. The number of aromatic nitrogens is 3. The van der Waals surface area contributed by atoms with E-state index in [1.54, 1.807) is 19.5 Å². The molecule has 0 aliphatic heterocycles. The first-order valence-electron chi connectivity index (χ1n) is 7.17. The van der Waals surface area contributed by atoms with Gasteiger partial charge >= 0.3 is 0 Å². The number of pyridine rings is 1. The van der Waals surface area contributed by atoms with E-state index in [2.05, 4.69) is 27.2 Å². The maximum Gasteiger partial charge on any atom is 0.138 e. The van der Waals surface area contributed by atoms with Crippen molar-refractivity contribution in [2.45, 2.75) is 19.9 Å². The molecule has 3 rings (SSSR count). The van der Waals surface area contributed by atoms with E-state index in [0.717, 1.165) is 33.9 Å². The molecule has 3 aromatic rings. The van der Waals surface area contributed by atoms with Gasteiger partial charge in [0.05, 0.1) is 24.9 Å². The summed E-state index contributed by atoms with van der Waals surface area (Å²) in [6.45, 7) is 3.97. The summed E-state index contributed by atoms with van der Waals surface area (Å²) in [6, 6.07) is 9.96. The Balaban J connectivity index is 1.99. The van der Waals surface area contributed by atoms with Crippen LogP contribution in [-0.2, 0) is 0 Å². The van der Waals surface area contributed by atoms with Gasteiger partial charge in [-0.2, -0.15) is 0 Å². The number of hydrogen-bond acceptors (Lipinski definition) is 5. The van der Waals surface area contributed by atoms with E-state index in [-0.39, 0.29) is 6.04 Å². The van der Waals surface area contributed by atoms with Gasteiger partial charge in [-0.1, -0.05) is 18.2 Å². The van der Waals surface area contributed by atoms with Crippen LogP contribution in [0.2, 0.25) is 0 Å². The summed E-state index contributed by atoms with van der Waals surface area (Å²) < 4.78 is 5.43. The van der Waals surface area contributed by atoms with Gasteiger partial charge in [-0.25, -0.2) is 9.97 Å². The second kappa shape index (κ2) is 5.97. The number of fused-ring (bicyclic) bond motifs is 1. The molecule has 1 atom stereocenters. The first kappa shape index (κ1) is 14.3. The number of methoxy groups -OCH3 is 1. The predicted molar refractivity (Wildman–Crippen MR) is 87.1 cm³/mol. The van der Waals surface area contributed by atoms with Crippen molar-refractivity contribution in [3.05, 3.63) is 54.1 Å². The molecule has 0 amide bonds. The average Bonchev–Trinajstić information content (AvgIpc) is 2.54. The zero-order chi connectivity index (χ0) is 15.5. The van der Waals surface area contributed by atoms with Crippen LogP contribution in [0.1, 0.15) is 24.4 Å². The molecule has 0 aliphatic carbocycles. The smallest absolute Gasteiger partial charge is 0.138 e. The van der Waals surface area contributed by atoms with Crippen molar-refractivity contribution >= 4 is 16.7 Å². The molecule has 2 aromatic heterocycles. The third-order valence-electron chi connectivity index (χ3n) is 3.57. The lowest BCUT2D eigenvalue weighted by Gasteiger charge is -2.18. The molecule has 22 heavy (non-hydrogen) atoms. The molecule has 0 bridgehead atoms. The number of benzene rings is 1. The second-order valence-corrected chi connectivity index (χ2v) is 5.12. The minimum atomic E-state index is 0.0572. The van der Waals surface area contributed by atoms with E-state index < -0.39 is 0 Å². The number of rotatable bonds is 4. The summed E-state index contributed by atoms with van der Waals surface area (Å²) in [5.74, 6) is 2.39. The number of aryl methyl sites for hydroxylation is 1. The molecule has 0 radical (unpaired) electrons. The molecule has 0 saturated heterocycles. The minimum Gasteiger partial charge on any atom is -0.496 e. The van der Waals surface area contributed by atoms with Crippen LogP contribution in [0.25, 0.3) is 10.9 Å². The van der Waals surface area contributed by atoms with Crippen molar-refractivity contribution in [2.75, 3.05) is 12.4 Å². The molecule has 1 N–H and O–H groups in total. The fourth-order valence-corrected chi connectivity index (χ4v) is 2.51. The Morgan fingerprint density at radius 2 is 1.95 bits per heavy atom. The molecular weight excluding hydrogens is 276 g/mol. The second-order valence-electron chi connectivity index (χ2n) is 5.12. The molecule has 5 nitrogen and oxygen atoms in total. The molecule has 5 heteroatoms. The topological polar surface area (TPSA) is 59.9 Å². The Labute approximate surface area is 129 Å². The third kappa shape index (κ3) is 2.70. The van der Waals surface area contributed by atoms with Gasteiger partial charge in [-0.3, -0.25) is 4.98 Å². The molecule has 2 heterocycles. The van der Waals surface area contributed by atoms with Crippen LogP contribution in [0.4, 0.5) is 5.82 Å². The average molecular weight is 294 g/mol. The van der Waals surface area contributed by atoms with Crippen LogP contribution in [-0.4, -0.2) is 22.1 Å². The number of anilines is 1. The summed E-state index contributed by atoms with van der Waals surface area (Å²) in [7, 11) is 1.68. The zero-order valence-electron chi connectivity index (χ0n) is 12.9. The third-order valence-corrected chi connectivity index (χ3v) is 3.57. The largest absolute Gasteiger partial charge is 0.496 e.